The van der Waals surface area contributed by atoms with Crippen molar-refractivity contribution in [1.29, 1.82) is 0 Å². The lowest BCUT2D eigenvalue weighted by Gasteiger charge is -2.10. The lowest BCUT2D eigenvalue weighted by Crippen LogP contribution is -2.22. The average Bonchev–Trinajstić information content (AvgIpc) is 3.11. The van der Waals surface area contributed by atoms with Gasteiger partial charge >= 0.3 is 0 Å². The van der Waals surface area contributed by atoms with E-state index in [0.29, 0.717) is 11.3 Å². The molecular formula is C21H20F3N5O2. The highest BCUT2D eigenvalue weighted by molar-refractivity contribution is 6.04. The Hall–Kier alpha value is -3.69. The normalized spacial score (nSPS) is 10.9. The first-order valence-corrected chi connectivity index (χ1v) is 9.46. The van der Waals surface area contributed by atoms with E-state index in [1.807, 2.05) is 0 Å². The van der Waals surface area contributed by atoms with Crippen molar-refractivity contribution in [1.82, 2.24) is 20.3 Å². The first kappa shape index (κ1) is 22.0. The molecule has 7 nitrogen and oxygen atoms in total. The van der Waals surface area contributed by atoms with Crippen LogP contribution in [0, 0.1) is 12.7 Å². The number of amides is 2. The molecule has 3 aromatic rings. The van der Waals surface area contributed by atoms with Crippen LogP contribution >= 0.6 is 0 Å². The molecule has 2 heterocycles. The van der Waals surface area contributed by atoms with Gasteiger partial charge in [0.25, 0.3) is 12.3 Å². The monoisotopic (exact) mass is 431 g/mol. The fraction of sp³-hybridized carbons (Fsp3) is 0.238. The van der Waals surface area contributed by atoms with Gasteiger partial charge in [-0.15, -0.1) is 0 Å². The zero-order chi connectivity index (χ0) is 22.5. The summed E-state index contributed by atoms with van der Waals surface area (Å²) < 4.78 is 40.8. The van der Waals surface area contributed by atoms with Crippen LogP contribution in [0.4, 0.5) is 19.1 Å². The summed E-state index contributed by atoms with van der Waals surface area (Å²) in [7, 11) is 0. The minimum Gasteiger partial charge on any atom is -0.352 e. The number of anilines is 1. The number of rotatable bonds is 7. The highest BCUT2D eigenvalue weighted by Gasteiger charge is 2.22. The van der Waals surface area contributed by atoms with Gasteiger partial charge < -0.3 is 10.3 Å². The Bertz CT molecular complexity index is 1110. The zero-order valence-corrected chi connectivity index (χ0v) is 16.8. The van der Waals surface area contributed by atoms with Crippen LogP contribution in [0.3, 0.4) is 0 Å². The number of pyridine rings is 1. The molecule has 162 valence electrons. The molecule has 0 saturated heterocycles. The maximum Gasteiger partial charge on any atom is 0.281 e. The van der Waals surface area contributed by atoms with E-state index in [1.54, 1.807) is 19.9 Å². The van der Waals surface area contributed by atoms with Crippen molar-refractivity contribution in [2.75, 3.05) is 5.32 Å². The molecule has 1 aromatic carbocycles. The van der Waals surface area contributed by atoms with E-state index in [1.165, 1.54) is 30.5 Å². The van der Waals surface area contributed by atoms with Crippen molar-refractivity contribution < 1.29 is 22.8 Å². The molecule has 0 fully saturated rings. The first-order valence-electron chi connectivity index (χ1n) is 9.46. The fourth-order valence-corrected chi connectivity index (χ4v) is 2.91. The molecule has 31 heavy (non-hydrogen) atoms. The van der Waals surface area contributed by atoms with Crippen molar-refractivity contribution in [2.45, 2.75) is 33.2 Å². The van der Waals surface area contributed by atoms with Gasteiger partial charge in [-0.2, -0.15) is 0 Å². The van der Waals surface area contributed by atoms with Crippen LogP contribution < -0.4 is 10.6 Å². The first-order chi connectivity index (χ1) is 14.8. The second-order valence-corrected chi connectivity index (χ2v) is 6.70. The van der Waals surface area contributed by atoms with Gasteiger partial charge in [0.05, 0.1) is 11.3 Å². The molecular weight excluding hydrogens is 411 g/mol. The molecule has 2 aromatic heterocycles. The van der Waals surface area contributed by atoms with E-state index in [4.69, 9.17) is 0 Å². The van der Waals surface area contributed by atoms with Crippen molar-refractivity contribution in [3.8, 4) is 11.3 Å². The highest BCUT2D eigenvalue weighted by Crippen LogP contribution is 2.26. The number of nitrogens with zero attached hydrogens (tertiary/aromatic N) is 2. The maximum absolute atomic E-state index is 14.1. The number of benzene rings is 1. The minimum atomic E-state index is -2.98. The topological polar surface area (TPSA) is 99.8 Å². The summed E-state index contributed by atoms with van der Waals surface area (Å²) in [5.41, 5.74) is 0.361. The van der Waals surface area contributed by atoms with Crippen LogP contribution in [0.5, 0.6) is 0 Å². The summed E-state index contributed by atoms with van der Waals surface area (Å²) in [6.07, 6.45) is -1.54. The number of nitrogens with one attached hydrogen (secondary N) is 3. The largest absolute Gasteiger partial charge is 0.352 e. The van der Waals surface area contributed by atoms with Crippen molar-refractivity contribution in [3.63, 3.8) is 0 Å². The minimum absolute atomic E-state index is 0.0225. The Kier molecular flexibility index (Phi) is 6.68. The van der Waals surface area contributed by atoms with Gasteiger partial charge in [-0.25, -0.2) is 18.2 Å². The van der Waals surface area contributed by atoms with Gasteiger partial charge in [-0.1, -0.05) is 19.1 Å². The third-order valence-electron chi connectivity index (χ3n) is 4.48. The standard InChI is InChI=1S/C21H20F3N5O2/c1-3-16(30)25-9-12-8-14(18(19(23)24)26-10-12)20(31)29-21-27-11(2)17(28-21)13-6-4-5-7-15(13)22/h4-8,10,19H,3,9H2,1-2H3,(H,25,30)(H2,27,28,29,31). The number of imidazole rings is 1. The number of hydrogen-bond acceptors (Lipinski definition) is 4. The fourth-order valence-electron chi connectivity index (χ4n) is 2.91. The molecule has 10 heteroatoms. The van der Waals surface area contributed by atoms with Gasteiger partial charge in [0.2, 0.25) is 11.9 Å². The summed E-state index contributed by atoms with van der Waals surface area (Å²) in [5.74, 6) is -1.59. The van der Waals surface area contributed by atoms with Crippen LogP contribution in [-0.2, 0) is 11.3 Å². The Morgan fingerprint density at radius 3 is 2.65 bits per heavy atom. The van der Waals surface area contributed by atoms with E-state index >= 15 is 0 Å². The van der Waals surface area contributed by atoms with Crippen molar-refractivity contribution in [3.05, 3.63) is 64.9 Å². The maximum atomic E-state index is 14.1. The van der Waals surface area contributed by atoms with E-state index < -0.39 is 23.8 Å². The predicted molar refractivity (Wildman–Crippen MR) is 108 cm³/mol. The molecule has 0 spiro atoms. The number of H-pyrrole nitrogens is 1. The van der Waals surface area contributed by atoms with E-state index in [-0.39, 0.29) is 41.6 Å². The number of aryl methyl sites for hydroxylation is 1. The molecule has 0 atom stereocenters. The molecule has 0 unspecified atom stereocenters. The summed E-state index contributed by atoms with van der Waals surface area (Å²) in [5, 5.41) is 5.01. The average molecular weight is 431 g/mol. The van der Waals surface area contributed by atoms with E-state index in [9.17, 15) is 22.8 Å². The summed E-state index contributed by atoms with van der Waals surface area (Å²) in [4.78, 5) is 34.8. The number of halogens is 3. The molecule has 3 rings (SSSR count). The summed E-state index contributed by atoms with van der Waals surface area (Å²) >= 11 is 0. The van der Waals surface area contributed by atoms with Gasteiger partial charge in [0.15, 0.2) is 0 Å². The van der Waals surface area contributed by atoms with Gasteiger partial charge in [0.1, 0.15) is 11.5 Å². The third kappa shape index (κ3) is 5.08. The Morgan fingerprint density at radius 1 is 1.23 bits per heavy atom. The second-order valence-electron chi connectivity index (χ2n) is 6.70. The van der Waals surface area contributed by atoms with E-state index in [2.05, 4.69) is 25.6 Å². The number of aromatic nitrogens is 3. The zero-order valence-electron chi connectivity index (χ0n) is 16.8. The van der Waals surface area contributed by atoms with Crippen LogP contribution in [0.15, 0.2) is 36.5 Å². The summed E-state index contributed by atoms with van der Waals surface area (Å²) in [6.45, 7) is 3.36. The lowest BCUT2D eigenvalue weighted by atomic mass is 10.1. The molecule has 0 aliphatic carbocycles. The van der Waals surface area contributed by atoms with Crippen LogP contribution in [0.1, 0.15) is 47.1 Å². The van der Waals surface area contributed by atoms with Gasteiger partial charge in [-0.05, 0) is 30.7 Å². The Balaban J connectivity index is 1.86. The number of alkyl halides is 2. The van der Waals surface area contributed by atoms with Crippen LogP contribution in [0.2, 0.25) is 0 Å². The Morgan fingerprint density at radius 2 is 1.97 bits per heavy atom. The smallest absolute Gasteiger partial charge is 0.281 e. The van der Waals surface area contributed by atoms with Crippen LogP contribution in [0.25, 0.3) is 11.3 Å². The quantitative estimate of drug-likeness (QED) is 0.524. The third-order valence-corrected chi connectivity index (χ3v) is 4.48. The molecule has 0 radical (unpaired) electrons. The van der Waals surface area contributed by atoms with Crippen molar-refractivity contribution in [2.24, 2.45) is 0 Å². The van der Waals surface area contributed by atoms with Crippen molar-refractivity contribution >= 4 is 17.8 Å². The molecule has 0 bridgehead atoms. The number of hydrogen-bond donors (Lipinski definition) is 3. The lowest BCUT2D eigenvalue weighted by molar-refractivity contribution is -0.120. The highest BCUT2D eigenvalue weighted by atomic mass is 19.3. The number of aromatic amines is 1. The molecule has 3 N–H and O–H groups in total. The van der Waals surface area contributed by atoms with Crippen LogP contribution in [-0.4, -0.2) is 26.8 Å². The summed E-state index contributed by atoms with van der Waals surface area (Å²) in [6, 6.07) is 7.25. The van der Waals surface area contributed by atoms with Gasteiger partial charge in [0, 0.05) is 30.4 Å². The molecule has 0 aliphatic rings. The Labute approximate surface area is 176 Å². The predicted octanol–water partition coefficient (Wildman–Crippen LogP) is 4.14. The number of carbonyl (C=O) groups excluding carboxylic acids is 2. The molecule has 2 amide bonds. The molecule has 0 saturated carbocycles. The van der Waals surface area contributed by atoms with E-state index in [0.717, 1.165) is 0 Å². The second kappa shape index (κ2) is 9.41. The number of carbonyl (C=O) groups is 2. The SMILES string of the molecule is CCC(=O)NCc1cnc(C(F)F)c(C(=O)Nc2nc(-c3ccccc3F)c(C)[nH]2)c1. The van der Waals surface area contributed by atoms with Gasteiger partial charge in [-0.3, -0.25) is 19.9 Å². The molecule has 0 aliphatic heterocycles.